The van der Waals surface area contributed by atoms with Crippen molar-refractivity contribution in [1.29, 1.82) is 0 Å². The fraction of sp³-hybridized carbons (Fsp3) is 0.429. The van der Waals surface area contributed by atoms with Crippen LogP contribution in [0.15, 0.2) is 18.5 Å². The molecule has 0 aliphatic carbocycles. The van der Waals surface area contributed by atoms with Crippen molar-refractivity contribution in [2.75, 3.05) is 18.4 Å². The van der Waals surface area contributed by atoms with Gasteiger partial charge in [0.05, 0.1) is 17.4 Å². The number of primary amides is 1. The molecule has 1 atom stereocenters. The Labute approximate surface area is 122 Å². The Kier molecular flexibility index (Phi) is 4.52. The number of nitrogens with one attached hydrogen (secondary N) is 1. The highest BCUT2D eigenvalue weighted by Crippen LogP contribution is 2.16. The topological polar surface area (TPSA) is 105 Å². The quantitative estimate of drug-likeness (QED) is 0.768. The summed E-state index contributed by atoms with van der Waals surface area (Å²) >= 11 is 0. The van der Waals surface area contributed by atoms with E-state index < -0.39 is 17.7 Å². The van der Waals surface area contributed by atoms with E-state index in [4.69, 9.17) is 5.73 Å². The fourth-order valence-electron chi connectivity index (χ4n) is 2.35. The molecule has 1 aromatic rings. The molecular weight excluding hydrogens is 272 g/mol. The van der Waals surface area contributed by atoms with Crippen molar-refractivity contribution in [2.45, 2.75) is 19.8 Å². The molecule has 1 aliphatic heterocycles. The van der Waals surface area contributed by atoms with Gasteiger partial charge in [0.2, 0.25) is 5.91 Å². The van der Waals surface area contributed by atoms with Crippen molar-refractivity contribution >= 4 is 23.4 Å². The average Bonchev–Trinajstić information content (AvgIpc) is 2.46. The van der Waals surface area contributed by atoms with E-state index in [-0.39, 0.29) is 11.3 Å². The van der Waals surface area contributed by atoms with E-state index in [9.17, 15) is 14.4 Å². The molecule has 1 saturated heterocycles. The Bertz CT molecular complexity index is 573. The SMILES string of the molecule is C[C@H]1CCCN(C(=O)C(=O)Nc2cncc(C(N)=O)c2)C1. The number of piperidine rings is 1. The van der Waals surface area contributed by atoms with Crippen LogP contribution in [0.25, 0.3) is 0 Å². The zero-order valence-corrected chi connectivity index (χ0v) is 11.8. The first-order valence-corrected chi connectivity index (χ1v) is 6.82. The van der Waals surface area contributed by atoms with Crippen LogP contribution < -0.4 is 11.1 Å². The molecular formula is C14H18N4O3. The molecule has 2 rings (SSSR count). The molecule has 0 bridgehead atoms. The number of amides is 3. The number of nitrogens with two attached hydrogens (primary N) is 1. The number of carbonyl (C=O) groups is 3. The Morgan fingerprint density at radius 2 is 2.14 bits per heavy atom. The van der Waals surface area contributed by atoms with Crippen LogP contribution in [-0.2, 0) is 9.59 Å². The number of hydrogen-bond donors (Lipinski definition) is 2. The molecule has 2 heterocycles. The standard InChI is InChI=1S/C14H18N4O3/c1-9-3-2-4-18(8-9)14(21)13(20)17-11-5-10(12(15)19)6-16-7-11/h5-7,9H,2-4,8H2,1H3,(H2,15,19)(H,17,20)/t9-/m0/s1. The normalized spacial score (nSPS) is 18.1. The fourth-order valence-corrected chi connectivity index (χ4v) is 2.35. The molecule has 0 saturated carbocycles. The van der Waals surface area contributed by atoms with E-state index >= 15 is 0 Å². The number of pyridine rings is 1. The van der Waals surface area contributed by atoms with Gasteiger partial charge in [-0.05, 0) is 24.8 Å². The van der Waals surface area contributed by atoms with Gasteiger partial charge >= 0.3 is 11.8 Å². The molecule has 0 radical (unpaired) electrons. The third kappa shape index (κ3) is 3.77. The van der Waals surface area contributed by atoms with Gasteiger partial charge in [0.15, 0.2) is 0 Å². The van der Waals surface area contributed by atoms with E-state index in [1.54, 1.807) is 4.90 Å². The van der Waals surface area contributed by atoms with E-state index in [1.165, 1.54) is 18.5 Å². The highest BCUT2D eigenvalue weighted by molar-refractivity contribution is 6.39. The summed E-state index contributed by atoms with van der Waals surface area (Å²) in [7, 11) is 0. The van der Waals surface area contributed by atoms with E-state index in [0.29, 0.717) is 19.0 Å². The molecule has 7 nitrogen and oxygen atoms in total. The summed E-state index contributed by atoms with van der Waals surface area (Å²) in [6, 6.07) is 1.39. The van der Waals surface area contributed by atoms with Gasteiger partial charge in [-0.15, -0.1) is 0 Å². The number of likely N-dealkylation sites (tertiary alicyclic amines) is 1. The molecule has 3 amide bonds. The van der Waals surface area contributed by atoms with Crippen molar-refractivity contribution in [3.05, 3.63) is 24.0 Å². The minimum absolute atomic E-state index is 0.173. The lowest BCUT2D eigenvalue weighted by Crippen LogP contribution is -2.44. The minimum Gasteiger partial charge on any atom is -0.366 e. The van der Waals surface area contributed by atoms with Crippen LogP contribution in [0.1, 0.15) is 30.1 Å². The van der Waals surface area contributed by atoms with Gasteiger partial charge < -0.3 is 16.0 Å². The Balaban J connectivity index is 2.02. The maximum absolute atomic E-state index is 12.1. The van der Waals surface area contributed by atoms with Crippen LogP contribution >= 0.6 is 0 Å². The Morgan fingerprint density at radius 1 is 1.38 bits per heavy atom. The van der Waals surface area contributed by atoms with E-state index in [2.05, 4.69) is 17.2 Å². The summed E-state index contributed by atoms with van der Waals surface area (Å²) in [4.78, 5) is 40.4. The maximum Gasteiger partial charge on any atom is 0.313 e. The van der Waals surface area contributed by atoms with Crippen molar-refractivity contribution in [3.8, 4) is 0 Å². The van der Waals surface area contributed by atoms with Crippen LogP contribution in [0.2, 0.25) is 0 Å². The summed E-state index contributed by atoms with van der Waals surface area (Å²) in [5, 5.41) is 2.45. The number of nitrogens with zero attached hydrogens (tertiary/aromatic N) is 2. The van der Waals surface area contributed by atoms with Crippen LogP contribution in [0.4, 0.5) is 5.69 Å². The number of hydrogen-bond acceptors (Lipinski definition) is 4. The number of anilines is 1. The molecule has 21 heavy (non-hydrogen) atoms. The number of aromatic nitrogens is 1. The second kappa shape index (κ2) is 6.34. The molecule has 0 unspecified atom stereocenters. The third-order valence-corrected chi connectivity index (χ3v) is 3.42. The zero-order chi connectivity index (χ0) is 15.4. The molecule has 1 fully saturated rings. The van der Waals surface area contributed by atoms with Crippen molar-refractivity contribution in [3.63, 3.8) is 0 Å². The minimum atomic E-state index is -0.729. The first-order valence-electron chi connectivity index (χ1n) is 6.82. The summed E-state index contributed by atoms with van der Waals surface area (Å²) in [5.74, 6) is -1.54. The molecule has 0 aromatic carbocycles. The summed E-state index contributed by atoms with van der Waals surface area (Å²) < 4.78 is 0. The lowest BCUT2D eigenvalue weighted by Gasteiger charge is -2.30. The molecule has 112 valence electrons. The van der Waals surface area contributed by atoms with Gasteiger partial charge in [0, 0.05) is 19.3 Å². The van der Waals surface area contributed by atoms with E-state index in [0.717, 1.165) is 12.8 Å². The molecule has 1 aromatic heterocycles. The van der Waals surface area contributed by atoms with Crippen molar-refractivity contribution < 1.29 is 14.4 Å². The van der Waals surface area contributed by atoms with Gasteiger partial charge in [-0.1, -0.05) is 6.92 Å². The van der Waals surface area contributed by atoms with Gasteiger partial charge in [-0.25, -0.2) is 0 Å². The third-order valence-electron chi connectivity index (χ3n) is 3.42. The summed E-state index contributed by atoms with van der Waals surface area (Å²) in [6.45, 7) is 3.24. The second-order valence-electron chi connectivity index (χ2n) is 5.28. The van der Waals surface area contributed by atoms with Crippen LogP contribution in [0.5, 0.6) is 0 Å². The van der Waals surface area contributed by atoms with Crippen LogP contribution in [-0.4, -0.2) is 40.7 Å². The molecule has 3 N–H and O–H groups in total. The monoisotopic (exact) mass is 290 g/mol. The molecule has 7 heteroatoms. The highest BCUT2D eigenvalue weighted by Gasteiger charge is 2.26. The molecule has 1 aliphatic rings. The lowest BCUT2D eigenvalue weighted by molar-refractivity contribution is -0.144. The van der Waals surface area contributed by atoms with Gasteiger partial charge in [-0.3, -0.25) is 19.4 Å². The van der Waals surface area contributed by atoms with Gasteiger partial charge in [0.1, 0.15) is 0 Å². The van der Waals surface area contributed by atoms with Crippen LogP contribution in [0.3, 0.4) is 0 Å². The van der Waals surface area contributed by atoms with E-state index in [1.807, 2.05) is 0 Å². The summed E-state index contributed by atoms with van der Waals surface area (Å²) in [6.07, 6.45) is 4.62. The maximum atomic E-state index is 12.1. The zero-order valence-electron chi connectivity index (χ0n) is 11.8. The lowest BCUT2D eigenvalue weighted by atomic mass is 10.0. The van der Waals surface area contributed by atoms with Crippen molar-refractivity contribution in [1.82, 2.24) is 9.88 Å². The smallest absolute Gasteiger partial charge is 0.313 e. The molecule has 0 spiro atoms. The predicted molar refractivity (Wildman–Crippen MR) is 76.4 cm³/mol. The summed E-state index contributed by atoms with van der Waals surface area (Å²) in [5.41, 5.74) is 5.58. The Hall–Kier alpha value is -2.44. The largest absolute Gasteiger partial charge is 0.366 e. The van der Waals surface area contributed by atoms with Gasteiger partial charge in [-0.2, -0.15) is 0 Å². The number of carbonyl (C=O) groups excluding carboxylic acids is 3. The van der Waals surface area contributed by atoms with Crippen molar-refractivity contribution in [2.24, 2.45) is 11.7 Å². The van der Waals surface area contributed by atoms with Gasteiger partial charge in [0.25, 0.3) is 0 Å². The highest BCUT2D eigenvalue weighted by atomic mass is 16.2. The predicted octanol–water partition coefficient (Wildman–Crippen LogP) is 0.377. The first-order chi connectivity index (χ1) is 9.97. The number of rotatable bonds is 2. The average molecular weight is 290 g/mol. The second-order valence-corrected chi connectivity index (χ2v) is 5.28. The van der Waals surface area contributed by atoms with Crippen LogP contribution in [0, 0.1) is 5.92 Å². The first kappa shape index (κ1) is 15.0. The Morgan fingerprint density at radius 3 is 2.81 bits per heavy atom.